The molecule has 0 bridgehead atoms. The zero-order valence-corrected chi connectivity index (χ0v) is 23.1. The van der Waals surface area contributed by atoms with Crippen molar-refractivity contribution in [2.75, 3.05) is 13.2 Å². The fraction of sp³-hybridized carbons (Fsp3) is 0.379. The van der Waals surface area contributed by atoms with Gasteiger partial charge in [-0.2, -0.15) is 0 Å². The van der Waals surface area contributed by atoms with E-state index in [9.17, 15) is 10.2 Å². The Morgan fingerprint density at radius 3 is 1.94 bits per heavy atom. The summed E-state index contributed by atoms with van der Waals surface area (Å²) in [5.74, 6) is 0. The van der Waals surface area contributed by atoms with E-state index in [4.69, 9.17) is 5.73 Å². The molecule has 2 unspecified atom stereocenters. The maximum atomic E-state index is 9.94. The van der Waals surface area contributed by atoms with Crippen LogP contribution in [0.3, 0.4) is 0 Å². The zero-order valence-electron chi connectivity index (χ0n) is 19.9. The molecule has 0 heterocycles. The topological polar surface area (TPSA) is 78.5 Å². The monoisotopic (exact) mass is 600 g/mol. The average Bonchev–Trinajstić information content (AvgIpc) is 2.88. The van der Waals surface area contributed by atoms with E-state index in [-0.39, 0.29) is 18.8 Å². The molecule has 35 heavy (non-hydrogen) atoms. The van der Waals surface area contributed by atoms with E-state index in [0.29, 0.717) is 0 Å². The van der Waals surface area contributed by atoms with E-state index in [1.54, 1.807) is 0 Å². The van der Waals surface area contributed by atoms with Crippen molar-refractivity contribution in [2.45, 2.75) is 56.1 Å². The van der Waals surface area contributed by atoms with Crippen LogP contribution >= 0.6 is 31.9 Å². The van der Waals surface area contributed by atoms with Gasteiger partial charge in [0.25, 0.3) is 0 Å². The maximum Gasteiger partial charge on any atom is 0.0616 e. The third-order valence-corrected chi connectivity index (χ3v) is 8.29. The third-order valence-electron chi connectivity index (χ3n) is 7.30. The number of nitrogens with one attached hydrogen (secondary N) is 1. The summed E-state index contributed by atoms with van der Waals surface area (Å²) in [4.78, 5) is 0. The van der Waals surface area contributed by atoms with Crippen LogP contribution in [-0.2, 0) is 32.2 Å². The number of aliphatic hydroxyl groups is 2. The lowest BCUT2D eigenvalue weighted by Crippen LogP contribution is -2.52. The Morgan fingerprint density at radius 2 is 1.34 bits per heavy atom. The Bertz CT molecular complexity index is 1140. The minimum atomic E-state index is -0.409. The highest BCUT2D eigenvalue weighted by atomic mass is 79.9. The minimum absolute atomic E-state index is 0.0684. The van der Waals surface area contributed by atoms with Gasteiger partial charge in [-0.15, -0.1) is 0 Å². The number of hydrogen-bond donors (Lipinski definition) is 4. The zero-order chi connectivity index (χ0) is 24.9. The molecule has 4 nitrogen and oxygen atoms in total. The summed E-state index contributed by atoms with van der Waals surface area (Å²) in [5, 5.41) is 22.7. The second-order valence-corrected chi connectivity index (χ2v) is 11.8. The van der Waals surface area contributed by atoms with E-state index in [0.717, 1.165) is 54.0 Å². The van der Waals surface area contributed by atoms with Crippen molar-refractivity contribution in [1.82, 2.24) is 5.32 Å². The number of aliphatic hydroxyl groups excluding tert-OH is 2. The van der Waals surface area contributed by atoms with Gasteiger partial charge in [0.1, 0.15) is 0 Å². The second-order valence-electron chi connectivity index (χ2n) is 9.98. The summed E-state index contributed by atoms with van der Waals surface area (Å²) in [7, 11) is 0. The highest BCUT2D eigenvalue weighted by Crippen LogP contribution is 2.31. The van der Waals surface area contributed by atoms with Crippen LogP contribution in [0.15, 0.2) is 75.7 Å². The number of hydrogen-bond acceptors (Lipinski definition) is 4. The number of halogens is 2. The maximum absolute atomic E-state index is 9.94. The van der Waals surface area contributed by atoms with Crippen LogP contribution in [0.5, 0.6) is 0 Å². The predicted octanol–water partition coefficient (Wildman–Crippen LogP) is 5.09. The lowest BCUT2D eigenvalue weighted by Gasteiger charge is -2.38. The fourth-order valence-corrected chi connectivity index (χ4v) is 5.86. The van der Waals surface area contributed by atoms with Crippen LogP contribution in [0.1, 0.15) is 40.7 Å². The Hall–Kier alpha value is -1.54. The molecule has 2 aliphatic rings. The molecule has 0 saturated heterocycles. The van der Waals surface area contributed by atoms with Crippen LogP contribution in [0.25, 0.3) is 0 Å². The first-order chi connectivity index (χ1) is 16.8. The summed E-state index contributed by atoms with van der Waals surface area (Å²) in [6, 6.07) is 23.1. The number of aryl methyl sites for hydroxylation is 2. The number of nitrogens with two attached hydrogens (primary N) is 1. The van der Waals surface area contributed by atoms with Crippen LogP contribution in [0.4, 0.5) is 0 Å². The molecule has 0 amide bonds. The summed E-state index contributed by atoms with van der Waals surface area (Å²) in [5.41, 5.74) is 12.1. The van der Waals surface area contributed by atoms with Crippen molar-refractivity contribution in [3.8, 4) is 0 Å². The van der Waals surface area contributed by atoms with Crippen molar-refractivity contribution < 1.29 is 10.2 Å². The number of benzene rings is 3. The average molecular weight is 602 g/mol. The van der Waals surface area contributed by atoms with Crippen molar-refractivity contribution in [1.29, 1.82) is 0 Å². The molecule has 2 aliphatic carbocycles. The van der Waals surface area contributed by atoms with E-state index < -0.39 is 5.54 Å². The Kier molecular flexibility index (Phi) is 8.85. The van der Waals surface area contributed by atoms with Crippen molar-refractivity contribution in [3.05, 3.63) is 103 Å². The summed E-state index contributed by atoms with van der Waals surface area (Å²) >= 11 is 6.99. The Balaban J connectivity index is 0.000000179. The summed E-state index contributed by atoms with van der Waals surface area (Å²) in [6.45, 7) is 1.04. The number of rotatable bonds is 5. The van der Waals surface area contributed by atoms with Gasteiger partial charge in [0.05, 0.1) is 13.2 Å². The molecule has 0 aromatic heterocycles. The van der Waals surface area contributed by atoms with Gasteiger partial charge in [0.2, 0.25) is 0 Å². The van der Waals surface area contributed by atoms with Crippen LogP contribution < -0.4 is 11.1 Å². The molecule has 3 aromatic carbocycles. The molecular formula is C29H34Br2N2O2. The smallest absolute Gasteiger partial charge is 0.0616 e. The summed E-state index contributed by atoms with van der Waals surface area (Å²) < 4.78 is 2.19. The summed E-state index contributed by atoms with van der Waals surface area (Å²) in [6.07, 6.45) is 5.50. The highest BCUT2D eigenvalue weighted by molar-refractivity contribution is 9.10. The van der Waals surface area contributed by atoms with E-state index in [1.165, 1.54) is 27.8 Å². The van der Waals surface area contributed by atoms with Crippen molar-refractivity contribution >= 4 is 31.9 Å². The highest BCUT2D eigenvalue weighted by Gasteiger charge is 2.33. The lowest BCUT2D eigenvalue weighted by molar-refractivity contribution is 0.143. The quantitative estimate of drug-likeness (QED) is 0.329. The van der Waals surface area contributed by atoms with Crippen molar-refractivity contribution in [2.24, 2.45) is 5.73 Å². The third kappa shape index (κ3) is 6.82. The molecular weight excluding hydrogens is 568 g/mol. The molecule has 186 valence electrons. The van der Waals surface area contributed by atoms with Crippen LogP contribution in [0, 0.1) is 0 Å². The molecule has 6 heteroatoms. The van der Waals surface area contributed by atoms with Crippen molar-refractivity contribution in [3.63, 3.8) is 0 Å². The normalized spacial score (nSPS) is 23.0. The molecule has 5 rings (SSSR count). The fourth-order valence-electron chi connectivity index (χ4n) is 5.05. The van der Waals surface area contributed by atoms with Crippen LogP contribution in [0.2, 0.25) is 0 Å². The Morgan fingerprint density at radius 1 is 0.743 bits per heavy atom. The predicted molar refractivity (Wildman–Crippen MR) is 149 cm³/mol. The van der Waals surface area contributed by atoms with Gasteiger partial charge < -0.3 is 21.3 Å². The van der Waals surface area contributed by atoms with Gasteiger partial charge in [-0.1, -0.05) is 74.3 Å². The molecule has 0 radical (unpaired) electrons. The molecule has 0 fully saturated rings. The minimum Gasteiger partial charge on any atom is -0.394 e. The molecule has 2 atom stereocenters. The first kappa shape index (κ1) is 26.5. The van der Waals surface area contributed by atoms with Crippen LogP contribution in [-0.4, -0.2) is 34.5 Å². The largest absolute Gasteiger partial charge is 0.394 e. The van der Waals surface area contributed by atoms with Gasteiger partial charge in [0, 0.05) is 26.6 Å². The van der Waals surface area contributed by atoms with E-state index in [1.807, 2.05) is 6.07 Å². The van der Waals surface area contributed by atoms with E-state index in [2.05, 4.69) is 97.8 Å². The molecule has 0 saturated carbocycles. The van der Waals surface area contributed by atoms with E-state index >= 15 is 0 Å². The molecule has 0 aliphatic heterocycles. The SMILES string of the molecule is NC1(CO)CCc2ccc(Br)cc2C1.OCC1(NCc2ccccc2)CCc2ccc(Br)cc2C1. The molecule has 5 N–H and O–H groups in total. The first-order valence-corrected chi connectivity index (χ1v) is 13.8. The lowest BCUT2D eigenvalue weighted by atomic mass is 9.78. The van der Waals surface area contributed by atoms with Gasteiger partial charge in [-0.05, 0) is 90.6 Å². The van der Waals surface area contributed by atoms with Gasteiger partial charge in [-0.25, -0.2) is 0 Å². The number of fused-ring (bicyclic) bond motifs is 2. The van der Waals surface area contributed by atoms with Gasteiger partial charge in [-0.3, -0.25) is 0 Å². The van der Waals surface area contributed by atoms with Gasteiger partial charge in [0.15, 0.2) is 0 Å². The first-order valence-electron chi connectivity index (χ1n) is 12.2. The standard InChI is InChI=1S/C18H20BrNO.C11H14BrNO/c19-17-7-6-15-8-9-18(13-21,11-16(15)10-17)20-12-14-4-2-1-3-5-14;12-10-2-1-8-3-4-11(13,7-14)6-9(8)5-10/h1-7,10,20-21H,8-9,11-13H2;1-2,5,14H,3-4,6-7,13H2. The molecule has 3 aromatic rings. The molecule has 0 spiro atoms. The Labute approximate surface area is 225 Å². The van der Waals surface area contributed by atoms with Gasteiger partial charge >= 0.3 is 0 Å². The second kappa shape index (κ2) is 11.7.